The van der Waals surface area contributed by atoms with Crippen molar-refractivity contribution >= 4 is 5.91 Å². The largest absolute Gasteiger partial charge is 0.370 e. The van der Waals surface area contributed by atoms with Gasteiger partial charge in [0.1, 0.15) is 13.1 Å². The Kier molecular flexibility index (Phi) is 5.82. The maximum Gasteiger partial charge on any atom is 0.226 e. The van der Waals surface area contributed by atoms with Gasteiger partial charge in [0.15, 0.2) is 0 Å². The van der Waals surface area contributed by atoms with Crippen LogP contribution in [0.25, 0.3) is 0 Å². The number of rotatable bonds is 5. The third kappa shape index (κ3) is 5.11. The number of hydrogen-bond acceptors (Lipinski definition) is 2. The summed E-state index contributed by atoms with van der Waals surface area (Å²) in [7, 11) is 0. The zero-order valence-electron chi connectivity index (χ0n) is 13.8. The maximum absolute atomic E-state index is 12.2. The first-order valence-electron chi connectivity index (χ1n) is 8.35. The molecule has 0 unspecified atom stereocenters. The first-order valence-corrected chi connectivity index (χ1v) is 8.35. The summed E-state index contributed by atoms with van der Waals surface area (Å²) in [4.78, 5) is 13.7. The molecule has 1 atom stereocenters. The van der Waals surface area contributed by atoms with E-state index in [9.17, 15) is 4.79 Å². The van der Waals surface area contributed by atoms with Crippen molar-refractivity contribution in [2.24, 2.45) is 5.92 Å². The van der Waals surface area contributed by atoms with Crippen LogP contribution in [0, 0.1) is 5.92 Å². The minimum Gasteiger partial charge on any atom is -0.370 e. The molecular formula is C17H31N2O2+. The highest BCUT2D eigenvalue weighted by Gasteiger charge is 2.31. The summed E-state index contributed by atoms with van der Waals surface area (Å²) in [5.41, 5.74) is 1.39. The van der Waals surface area contributed by atoms with Crippen molar-refractivity contribution in [3.05, 3.63) is 11.6 Å². The van der Waals surface area contributed by atoms with Gasteiger partial charge in [0.2, 0.25) is 5.91 Å². The highest BCUT2D eigenvalue weighted by molar-refractivity contribution is 5.76. The van der Waals surface area contributed by atoms with Crippen molar-refractivity contribution < 1.29 is 14.4 Å². The van der Waals surface area contributed by atoms with Crippen LogP contribution in [-0.2, 0) is 9.53 Å². The van der Waals surface area contributed by atoms with Gasteiger partial charge in [0.05, 0.1) is 26.2 Å². The fourth-order valence-corrected chi connectivity index (χ4v) is 3.35. The molecule has 0 aromatic rings. The van der Waals surface area contributed by atoms with Crippen molar-refractivity contribution in [1.82, 2.24) is 5.32 Å². The second-order valence-electron chi connectivity index (χ2n) is 7.15. The molecule has 0 aromatic heterocycles. The van der Waals surface area contributed by atoms with E-state index in [1.807, 2.05) is 0 Å². The van der Waals surface area contributed by atoms with Gasteiger partial charge >= 0.3 is 0 Å². The van der Waals surface area contributed by atoms with Crippen molar-refractivity contribution in [1.29, 1.82) is 0 Å². The predicted molar refractivity (Wildman–Crippen MR) is 84.3 cm³/mol. The molecule has 1 fully saturated rings. The van der Waals surface area contributed by atoms with E-state index in [4.69, 9.17) is 4.74 Å². The molecule has 0 spiro atoms. The fraction of sp³-hybridized carbons (Fsp3) is 0.824. The van der Waals surface area contributed by atoms with Gasteiger partial charge in [-0.2, -0.15) is 0 Å². The number of amides is 1. The molecule has 0 bridgehead atoms. The smallest absolute Gasteiger partial charge is 0.226 e. The molecule has 2 N–H and O–H groups in total. The zero-order valence-corrected chi connectivity index (χ0v) is 13.8. The number of morpholine rings is 1. The van der Waals surface area contributed by atoms with Crippen LogP contribution in [0.15, 0.2) is 11.6 Å². The summed E-state index contributed by atoms with van der Waals surface area (Å²) >= 11 is 0. The lowest BCUT2D eigenvalue weighted by molar-refractivity contribution is -0.907. The lowest BCUT2D eigenvalue weighted by Gasteiger charge is -2.37. The zero-order chi connectivity index (χ0) is 15.3. The van der Waals surface area contributed by atoms with Gasteiger partial charge in [-0.1, -0.05) is 11.6 Å². The molecule has 4 nitrogen and oxygen atoms in total. The van der Waals surface area contributed by atoms with Crippen LogP contribution in [0.5, 0.6) is 0 Å². The highest BCUT2D eigenvalue weighted by atomic mass is 16.5. The molecule has 1 saturated heterocycles. The van der Waals surface area contributed by atoms with E-state index in [0.29, 0.717) is 12.3 Å². The van der Waals surface area contributed by atoms with Gasteiger partial charge in [0.25, 0.3) is 0 Å². The number of hydrogen-bond donors (Lipinski definition) is 2. The average Bonchev–Trinajstić information content (AvgIpc) is 2.46. The van der Waals surface area contributed by atoms with Gasteiger partial charge in [-0.25, -0.2) is 0 Å². The normalized spacial score (nSPS) is 24.5. The first-order chi connectivity index (χ1) is 9.97. The Morgan fingerprint density at radius 2 is 2.14 bits per heavy atom. The van der Waals surface area contributed by atoms with E-state index in [-0.39, 0.29) is 11.4 Å². The van der Waals surface area contributed by atoms with Crippen LogP contribution in [0.4, 0.5) is 0 Å². The van der Waals surface area contributed by atoms with E-state index >= 15 is 0 Å². The molecule has 0 radical (unpaired) electrons. The molecule has 4 heteroatoms. The Morgan fingerprint density at radius 3 is 2.76 bits per heavy atom. The summed E-state index contributed by atoms with van der Waals surface area (Å²) in [6, 6.07) is 0. The van der Waals surface area contributed by atoms with Crippen molar-refractivity contribution in [3.63, 3.8) is 0 Å². The van der Waals surface area contributed by atoms with Crippen molar-refractivity contribution in [3.8, 4) is 0 Å². The lowest BCUT2D eigenvalue weighted by Crippen LogP contribution is -3.14. The number of quaternary nitrogens is 1. The molecule has 2 aliphatic rings. The second kappa shape index (κ2) is 7.41. The lowest BCUT2D eigenvalue weighted by atomic mass is 9.77. The monoisotopic (exact) mass is 295 g/mol. The van der Waals surface area contributed by atoms with Gasteiger partial charge in [-0.05, 0) is 46.0 Å². The second-order valence-corrected chi connectivity index (χ2v) is 7.15. The van der Waals surface area contributed by atoms with Gasteiger partial charge < -0.3 is 15.0 Å². The topological polar surface area (TPSA) is 42.8 Å². The van der Waals surface area contributed by atoms with E-state index in [2.05, 4.69) is 32.2 Å². The van der Waals surface area contributed by atoms with Crippen LogP contribution in [0.3, 0.4) is 0 Å². The Bertz CT molecular complexity index is 384. The third-order valence-corrected chi connectivity index (χ3v) is 5.03. The van der Waals surface area contributed by atoms with E-state index in [0.717, 1.165) is 39.3 Å². The van der Waals surface area contributed by atoms with Crippen LogP contribution in [0.2, 0.25) is 0 Å². The van der Waals surface area contributed by atoms with Crippen LogP contribution >= 0.6 is 0 Å². The SMILES string of the molecule is CC1=CC[C@@H](C(C)(C)NC(=O)CC[NH+]2CCOCC2)CC1. The molecule has 0 aromatic carbocycles. The Hall–Kier alpha value is -0.870. The highest BCUT2D eigenvalue weighted by Crippen LogP contribution is 2.31. The Morgan fingerprint density at radius 1 is 1.43 bits per heavy atom. The first kappa shape index (κ1) is 16.5. The minimum atomic E-state index is -0.103. The molecule has 1 amide bonds. The number of ether oxygens (including phenoxy) is 1. The van der Waals surface area contributed by atoms with Gasteiger partial charge in [-0.3, -0.25) is 4.79 Å². The maximum atomic E-state index is 12.2. The molecule has 1 aliphatic carbocycles. The number of allylic oxidation sites excluding steroid dienone is 2. The van der Waals surface area contributed by atoms with Crippen molar-refractivity contribution in [2.45, 2.75) is 52.0 Å². The van der Waals surface area contributed by atoms with Crippen molar-refractivity contribution in [2.75, 3.05) is 32.8 Å². The van der Waals surface area contributed by atoms with Crippen LogP contribution in [-0.4, -0.2) is 44.3 Å². The average molecular weight is 295 g/mol. The number of nitrogens with one attached hydrogen (secondary N) is 2. The van der Waals surface area contributed by atoms with E-state index in [1.165, 1.54) is 23.3 Å². The standard InChI is InChI=1S/C17H30N2O2/c1-14-4-6-15(7-5-14)17(2,3)18-16(20)8-9-19-10-12-21-13-11-19/h4,15H,5-13H2,1-3H3,(H,18,20)/p+1/t15-/m1/s1. The Labute approximate surface area is 128 Å². The van der Waals surface area contributed by atoms with Crippen LogP contribution < -0.4 is 10.2 Å². The Balaban J connectivity index is 1.75. The molecule has 1 heterocycles. The molecule has 120 valence electrons. The van der Waals surface area contributed by atoms with Gasteiger partial charge in [0, 0.05) is 5.54 Å². The summed E-state index contributed by atoms with van der Waals surface area (Å²) in [5, 5.41) is 3.27. The van der Waals surface area contributed by atoms with E-state index < -0.39 is 0 Å². The van der Waals surface area contributed by atoms with Gasteiger partial charge in [-0.15, -0.1) is 0 Å². The van der Waals surface area contributed by atoms with Crippen LogP contribution in [0.1, 0.15) is 46.5 Å². The molecule has 21 heavy (non-hydrogen) atoms. The number of carbonyl (C=O) groups is 1. The fourth-order valence-electron chi connectivity index (χ4n) is 3.35. The summed E-state index contributed by atoms with van der Waals surface area (Å²) in [6.45, 7) is 11.2. The molecule has 2 rings (SSSR count). The summed E-state index contributed by atoms with van der Waals surface area (Å²) in [5.74, 6) is 0.756. The molecular weight excluding hydrogens is 264 g/mol. The quantitative estimate of drug-likeness (QED) is 0.741. The summed E-state index contributed by atoms with van der Waals surface area (Å²) in [6.07, 6.45) is 6.40. The van der Waals surface area contributed by atoms with E-state index in [1.54, 1.807) is 0 Å². The minimum absolute atomic E-state index is 0.103. The number of carbonyl (C=O) groups excluding carboxylic acids is 1. The molecule has 1 aliphatic heterocycles. The third-order valence-electron chi connectivity index (χ3n) is 5.03. The summed E-state index contributed by atoms with van der Waals surface area (Å²) < 4.78 is 5.35. The predicted octanol–water partition coefficient (Wildman–Crippen LogP) is 0.933. The molecule has 0 saturated carbocycles.